The maximum Gasteiger partial charge on any atom is 0.165 e. The molecule has 2 aromatic carbocycles. The summed E-state index contributed by atoms with van der Waals surface area (Å²) in [6, 6.07) is 8.68. The molecule has 4 rings (SSSR count). The van der Waals surface area contributed by atoms with Crippen molar-refractivity contribution in [3.8, 4) is 17.2 Å². The zero-order valence-corrected chi connectivity index (χ0v) is 15.5. The van der Waals surface area contributed by atoms with E-state index in [2.05, 4.69) is 23.1 Å². The Hall–Kier alpha value is -1.91. The van der Waals surface area contributed by atoms with Gasteiger partial charge >= 0.3 is 0 Å². The van der Waals surface area contributed by atoms with Crippen LogP contribution in [0.15, 0.2) is 24.3 Å². The molecular weight excluding hydrogens is 338 g/mol. The van der Waals surface area contributed by atoms with Gasteiger partial charge in [0.15, 0.2) is 11.5 Å². The van der Waals surface area contributed by atoms with E-state index in [9.17, 15) is 0 Å². The van der Waals surface area contributed by atoms with Gasteiger partial charge in [-0.3, -0.25) is 4.90 Å². The molecule has 0 spiro atoms. The number of methoxy groups -OCH3 is 3. The summed E-state index contributed by atoms with van der Waals surface area (Å²) in [6.07, 6.45) is 1.95. The van der Waals surface area contributed by atoms with Crippen LogP contribution in [0.5, 0.6) is 17.2 Å². The van der Waals surface area contributed by atoms with E-state index in [1.807, 2.05) is 6.07 Å². The van der Waals surface area contributed by atoms with Crippen molar-refractivity contribution in [3.63, 3.8) is 0 Å². The van der Waals surface area contributed by atoms with Gasteiger partial charge in [-0.2, -0.15) is 0 Å². The Bertz CT molecular complexity index is 821. The number of nitrogens with zero attached hydrogens (tertiary/aromatic N) is 1. The van der Waals surface area contributed by atoms with Crippen molar-refractivity contribution >= 4 is 11.6 Å². The van der Waals surface area contributed by atoms with Gasteiger partial charge in [0, 0.05) is 24.7 Å². The number of fused-ring (bicyclic) bond motifs is 4. The maximum absolute atomic E-state index is 6.40. The van der Waals surface area contributed by atoms with Crippen LogP contribution in [0.2, 0.25) is 5.02 Å². The molecule has 0 unspecified atom stereocenters. The van der Waals surface area contributed by atoms with Crippen molar-refractivity contribution in [2.75, 3.05) is 27.9 Å². The smallest absolute Gasteiger partial charge is 0.165 e. The topological polar surface area (TPSA) is 30.9 Å². The van der Waals surface area contributed by atoms with Crippen molar-refractivity contribution < 1.29 is 14.2 Å². The van der Waals surface area contributed by atoms with Crippen molar-refractivity contribution in [2.24, 2.45) is 0 Å². The lowest BCUT2D eigenvalue weighted by Gasteiger charge is -2.42. The third kappa shape index (κ3) is 2.64. The molecule has 0 N–H and O–H groups in total. The molecule has 0 radical (unpaired) electrons. The molecule has 0 bridgehead atoms. The first-order valence-corrected chi connectivity index (χ1v) is 8.87. The minimum Gasteiger partial charge on any atom is -0.495 e. The number of hydrogen-bond acceptors (Lipinski definition) is 4. The van der Waals surface area contributed by atoms with Crippen LogP contribution in [-0.4, -0.2) is 32.8 Å². The minimum atomic E-state index is 0.345. The molecule has 0 amide bonds. The van der Waals surface area contributed by atoms with Crippen LogP contribution in [0.4, 0.5) is 0 Å². The van der Waals surface area contributed by atoms with Crippen LogP contribution in [0.25, 0.3) is 0 Å². The Balaban J connectivity index is 1.76. The van der Waals surface area contributed by atoms with Gasteiger partial charge in [0.25, 0.3) is 0 Å². The fourth-order valence-electron chi connectivity index (χ4n) is 4.15. The first kappa shape index (κ1) is 16.6. The molecule has 2 aliphatic rings. The first-order chi connectivity index (χ1) is 12.2. The number of halogens is 1. The predicted molar refractivity (Wildman–Crippen MR) is 98.1 cm³/mol. The third-order valence-electron chi connectivity index (χ3n) is 5.40. The fourth-order valence-corrected chi connectivity index (χ4v) is 4.40. The Morgan fingerprint density at radius 2 is 1.80 bits per heavy atom. The highest BCUT2D eigenvalue weighted by Crippen LogP contribution is 2.45. The number of ether oxygens (including phenoxy) is 3. The number of hydrogen-bond donors (Lipinski definition) is 0. The van der Waals surface area contributed by atoms with E-state index in [1.54, 1.807) is 21.3 Å². The molecule has 0 aromatic heterocycles. The second-order valence-corrected chi connectivity index (χ2v) is 6.97. The molecular formula is C20H22ClNO3. The van der Waals surface area contributed by atoms with Crippen molar-refractivity contribution in [3.05, 3.63) is 51.5 Å². The van der Waals surface area contributed by atoms with Crippen LogP contribution in [0.3, 0.4) is 0 Å². The van der Waals surface area contributed by atoms with Gasteiger partial charge < -0.3 is 14.2 Å². The largest absolute Gasteiger partial charge is 0.495 e. The second kappa shape index (κ2) is 6.43. The van der Waals surface area contributed by atoms with Crippen molar-refractivity contribution in [2.45, 2.75) is 25.4 Å². The molecule has 0 aliphatic carbocycles. The minimum absolute atomic E-state index is 0.345. The normalized spacial score (nSPS) is 18.8. The maximum atomic E-state index is 6.40. The molecule has 2 heterocycles. The van der Waals surface area contributed by atoms with Gasteiger partial charge in [0.2, 0.25) is 0 Å². The van der Waals surface area contributed by atoms with E-state index in [4.69, 9.17) is 25.8 Å². The lowest BCUT2D eigenvalue weighted by Crippen LogP contribution is -2.39. The first-order valence-electron chi connectivity index (χ1n) is 8.49. The van der Waals surface area contributed by atoms with Crippen LogP contribution in [-0.2, 0) is 19.4 Å². The van der Waals surface area contributed by atoms with Crippen molar-refractivity contribution in [1.29, 1.82) is 0 Å². The Labute approximate surface area is 153 Å². The average Bonchev–Trinajstić information content (AvgIpc) is 2.65. The Kier molecular flexibility index (Phi) is 4.26. The standard InChI is InChI=1S/C20H22ClNO3/c1-23-18-5-4-12-8-17-14-10-16(21)19(24-2)9-13(14)6-7-22(17)11-15(12)20(18)25-3/h4-5,9-10,17H,6-8,11H2,1-3H3/t17-/m0/s1. The molecule has 1 atom stereocenters. The van der Waals surface area contributed by atoms with Gasteiger partial charge in [-0.1, -0.05) is 17.7 Å². The Morgan fingerprint density at radius 3 is 2.52 bits per heavy atom. The SMILES string of the molecule is COc1cc2c(cc1Cl)[C@@H]1Cc3ccc(OC)c(OC)c3CN1CC2. The molecule has 4 nitrogen and oxygen atoms in total. The zero-order chi connectivity index (χ0) is 17.6. The van der Waals surface area contributed by atoms with Crippen LogP contribution in [0, 0.1) is 0 Å². The lowest BCUT2D eigenvalue weighted by atomic mass is 9.83. The summed E-state index contributed by atoms with van der Waals surface area (Å²) in [4.78, 5) is 2.51. The van der Waals surface area contributed by atoms with E-state index in [-0.39, 0.29) is 0 Å². The molecule has 132 valence electrons. The second-order valence-electron chi connectivity index (χ2n) is 6.56. The van der Waals surface area contributed by atoms with E-state index >= 15 is 0 Å². The summed E-state index contributed by atoms with van der Waals surface area (Å²) in [7, 11) is 5.06. The van der Waals surface area contributed by atoms with E-state index in [0.717, 1.165) is 43.2 Å². The third-order valence-corrected chi connectivity index (χ3v) is 5.70. The van der Waals surface area contributed by atoms with Crippen molar-refractivity contribution in [1.82, 2.24) is 4.90 Å². The lowest BCUT2D eigenvalue weighted by molar-refractivity contribution is 0.157. The van der Waals surface area contributed by atoms with Gasteiger partial charge in [-0.15, -0.1) is 0 Å². The van der Waals surface area contributed by atoms with Crippen LogP contribution in [0.1, 0.15) is 28.3 Å². The van der Waals surface area contributed by atoms with E-state index in [1.165, 1.54) is 22.3 Å². The number of rotatable bonds is 3. The summed E-state index contributed by atoms with van der Waals surface area (Å²) in [5, 5.41) is 0.682. The highest BCUT2D eigenvalue weighted by atomic mass is 35.5. The molecule has 0 fully saturated rings. The van der Waals surface area contributed by atoms with E-state index < -0.39 is 0 Å². The molecule has 0 saturated carbocycles. The van der Waals surface area contributed by atoms with Crippen LogP contribution >= 0.6 is 11.6 Å². The number of benzene rings is 2. The molecule has 5 heteroatoms. The van der Waals surface area contributed by atoms with Crippen LogP contribution < -0.4 is 14.2 Å². The highest BCUT2D eigenvalue weighted by molar-refractivity contribution is 6.32. The van der Waals surface area contributed by atoms with E-state index in [0.29, 0.717) is 11.1 Å². The molecule has 25 heavy (non-hydrogen) atoms. The molecule has 2 aliphatic heterocycles. The monoisotopic (exact) mass is 359 g/mol. The molecule has 0 saturated heterocycles. The summed E-state index contributed by atoms with van der Waals surface area (Å²) >= 11 is 6.40. The van der Waals surface area contributed by atoms with Gasteiger partial charge in [0.05, 0.1) is 26.4 Å². The van der Waals surface area contributed by atoms with Gasteiger partial charge in [-0.05, 0) is 47.7 Å². The Morgan fingerprint density at radius 1 is 1.00 bits per heavy atom. The fraction of sp³-hybridized carbons (Fsp3) is 0.400. The quantitative estimate of drug-likeness (QED) is 0.828. The zero-order valence-electron chi connectivity index (χ0n) is 14.8. The summed E-state index contributed by atoms with van der Waals surface area (Å²) in [5.74, 6) is 2.42. The molecule has 2 aromatic rings. The van der Waals surface area contributed by atoms with Gasteiger partial charge in [-0.25, -0.2) is 0 Å². The van der Waals surface area contributed by atoms with Gasteiger partial charge in [0.1, 0.15) is 5.75 Å². The summed E-state index contributed by atoms with van der Waals surface area (Å²) in [5.41, 5.74) is 5.21. The average molecular weight is 360 g/mol. The predicted octanol–water partition coefficient (Wildman–Crippen LogP) is 4.02. The summed E-state index contributed by atoms with van der Waals surface area (Å²) < 4.78 is 16.5. The summed E-state index contributed by atoms with van der Waals surface area (Å²) in [6.45, 7) is 1.88. The highest BCUT2D eigenvalue weighted by Gasteiger charge is 2.34.